The molecule has 0 unspecified atom stereocenters. The van der Waals surface area contributed by atoms with Crippen LogP contribution < -0.4 is 0 Å². The first kappa shape index (κ1) is 9.66. The van der Waals surface area contributed by atoms with Gasteiger partial charge in [0.1, 0.15) is 0 Å². The van der Waals surface area contributed by atoms with Crippen LogP contribution in [0.2, 0.25) is 0 Å². The molecule has 1 aliphatic rings. The van der Waals surface area contributed by atoms with Crippen LogP contribution in [-0.2, 0) is 6.42 Å². The Morgan fingerprint density at radius 2 is 2.15 bits per heavy atom. The minimum absolute atomic E-state index is 0.932. The van der Waals surface area contributed by atoms with Crippen molar-refractivity contribution in [1.82, 2.24) is 4.98 Å². The molecule has 1 aromatic rings. The van der Waals surface area contributed by atoms with Gasteiger partial charge in [-0.25, -0.2) is 4.98 Å². The van der Waals surface area contributed by atoms with Gasteiger partial charge < -0.3 is 0 Å². The van der Waals surface area contributed by atoms with Gasteiger partial charge in [-0.15, -0.1) is 11.3 Å². The van der Waals surface area contributed by atoms with Gasteiger partial charge in [0.25, 0.3) is 0 Å². The average molecular weight is 260 g/mol. The molecule has 1 heterocycles. The van der Waals surface area contributed by atoms with Crippen LogP contribution in [0, 0.1) is 5.92 Å². The van der Waals surface area contributed by atoms with Crippen molar-refractivity contribution in [3.05, 3.63) is 15.0 Å². The largest absolute Gasteiger partial charge is 0.237 e. The summed E-state index contributed by atoms with van der Waals surface area (Å²) in [5.74, 6) is 0.932. The van der Waals surface area contributed by atoms with Crippen LogP contribution in [0.4, 0.5) is 0 Å². The molecule has 1 saturated carbocycles. The molecular weight excluding hydrogens is 246 g/mol. The van der Waals surface area contributed by atoms with Crippen LogP contribution in [-0.4, -0.2) is 4.98 Å². The standard InChI is InChI=1S/C10H14BrNS/c11-10-12-7-9(13-10)6-8-4-2-1-3-5-8/h7-8H,1-6H2. The van der Waals surface area contributed by atoms with Gasteiger partial charge in [-0.2, -0.15) is 0 Å². The summed E-state index contributed by atoms with van der Waals surface area (Å²) in [6.07, 6.45) is 10.4. The van der Waals surface area contributed by atoms with Gasteiger partial charge in [-0.05, 0) is 28.3 Å². The van der Waals surface area contributed by atoms with E-state index < -0.39 is 0 Å². The molecule has 72 valence electrons. The van der Waals surface area contributed by atoms with E-state index in [4.69, 9.17) is 0 Å². The molecule has 3 heteroatoms. The zero-order valence-electron chi connectivity index (χ0n) is 7.63. The molecule has 1 fully saturated rings. The van der Waals surface area contributed by atoms with Crippen molar-refractivity contribution >= 4 is 27.3 Å². The monoisotopic (exact) mass is 259 g/mol. The molecule has 0 saturated heterocycles. The lowest BCUT2D eigenvalue weighted by Gasteiger charge is -2.20. The maximum atomic E-state index is 4.22. The summed E-state index contributed by atoms with van der Waals surface area (Å²) >= 11 is 5.19. The third kappa shape index (κ3) is 2.78. The summed E-state index contributed by atoms with van der Waals surface area (Å²) in [6.45, 7) is 0. The lowest BCUT2D eigenvalue weighted by molar-refractivity contribution is 0.358. The maximum Gasteiger partial charge on any atom is 0.159 e. The maximum absolute atomic E-state index is 4.22. The van der Waals surface area contributed by atoms with E-state index in [1.165, 1.54) is 43.4 Å². The first-order chi connectivity index (χ1) is 6.34. The van der Waals surface area contributed by atoms with Gasteiger partial charge in [-0.1, -0.05) is 32.1 Å². The second-order valence-electron chi connectivity index (χ2n) is 3.79. The predicted molar refractivity (Wildman–Crippen MR) is 60.1 cm³/mol. The molecule has 1 aromatic heterocycles. The van der Waals surface area contributed by atoms with Crippen LogP contribution in [0.25, 0.3) is 0 Å². The highest BCUT2D eigenvalue weighted by Gasteiger charge is 2.14. The highest BCUT2D eigenvalue weighted by atomic mass is 79.9. The molecule has 0 bridgehead atoms. The van der Waals surface area contributed by atoms with Gasteiger partial charge in [0.15, 0.2) is 3.92 Å². The number of hydrogen-bond donors (Lipinski definition) is 0. The van der Waals surface area contributed by atoms with Crippen molar-refractivity contribution in [2.75, 3.05) is 0 Å². The normalized spacial score (nSPS) is 19.2. The number of halogens is 1. The quantitative estimate of drug-likeness (QED) is 0.782. The Morgan fingerprint density at radius 3 is 2.77 bits per heavy atom. The lowest BCUT2D eigenvalue weighted by Crippen LogP contribution is -2.08. The van der Waals surface area contributed by atoms with Crippen LogP contribution in [0.15, 0.2) is 10.1 Å². The van der Waals surface area contributed by atoms with Crippen LogP contribution >= 0.6 is 27.3 Å². The second-order valence-corrected chi connectivity index (χ2v) is 6.18. The molecule has 0 atom stereocenters. The molecule has 1 nitrogen and oxygen atoms in total. The highest BCUT2D eigenvalue weighted by molar-refractivity contribution is 9.11. The van der Waals surface area contributed by atoms with Crippen molar-refractivity contribution in [2.45, 2.75) is 38.5 Å². The first-order valence-electron chi connectivity index (χ1n) is 4.95. The zero-order valence-corrected chi connectivity index (χ0v) is 10.0. The van der Waals surface area contributed by atoms with Gasteiger partial charge in [0.05, 0.1) is 0 Å². The van der Waals surface area contributed by atoms with E-state index >= 15 is 0 Å². The number of aromatic nitrogens is 1. The van der Waals surface area contributed by atoms with Crippen molar-refractivity contribution in [1.29, 1.82) is 0 Å². The van der Waals surface area contributed by atoms with Crippen LogP contribution in [0.1, 0.15) is 37.0 Å². The third-order valence-corrected chi connectivity index (χ3v) is 4.24. The number of thiazole rings is 1. The van der Waals surface area contributed by atoms with E-state index in [1.54, 1.807) is 11.3 Å². The molecule has 0 aliphatic heterocycles. The number of hydrogen-bond acceptors (Lipinski definition) is 2. The molecule has 0 aromatic carbocycles. The SMILES string of the molecule is Brc1ncc(CC2CCCCC2)s1. The summed E-state index contributed by atoms with van der Waals surface area (Å²) < 4.78 is 1.03. The van der Waals surface area contributed by atoms with Gasteiger partial charge >= 0.3 is 0 Å². The van der Waals surface area contributed by atoms with Gasteiger partial charge in [0, 0.05) is 11.1 Å². The van der Waals surface area contributed by atoms with E-state index in [-0.39, 0.29) is 0 Å². The summed E-state index contributed by atoms with van der Waals surface area (Å²) in [6, 6.07) is 0. The summed E-state index contributed by atoms with van der Waals surface area (Å²) in [5, 5.41) is 0. The molecule has 1 aliphatic carbocycles. The number of nitrogens with zero attached hydrogens (tertiary/aromatic N) is 1. The Hall–Kier alpha value is 0.110. The summed E-state index contributed by atoms with van der Waals surface area (Å²) in [4.78, 5) is 5.66. The Morgan fingerprint density at radius 1 is 1.38 bits per heavy atom. The van der Waals surface area contributed by atoms with E-state index in [0.717, 1.165) is 9.83 Å². The Labute approximate surface area is 91.7 Å². The number of rotatable bonds is 2. The average Bonchev–Trinajstić information content (AvgIpc) is 2.53. The van der Waals surface area contributed by atoms with E-state index in [0.29, 0.717) is 0 Å². The summed E-state index contributed by atoms with van der Waals surface area (Å²) in [7, 11) is 0. The highest BCUT2D eigenvalue weighted by Crippen LogP contribution is 2.29. The minimum atomic E-state index is 0.932. The fourth-order valence-electron chi connectivity index (χ4n) is 2.05. The molecule has 2 rings (SSSR count). The molecule has 0 amide bonds. The molecule has 0 N–H and O–H groups in total. The predicted octanol–water partition coefficient (Wildman–Crippen LogP) is 4.03. The van der Waals surface area contributed by atoms with Crippen molar-refractivity contribution in [3.63, 3.8) is 0 Å². The molecular formula is C10H14BrNS. The Kier molecular flexibility index (Phi) is 3.39. The Balaban J connectivity index is 1.89. The van der Waals surface area contributed by atoms with Gasteiger partial charge in [0.2, 0.25) is 0 Å². The van der Waals surface area contributed by atoms with Gasteiger partial charge in [-0.3, -0.25) is 0 Å². The fraction of sp³-hybridized carbons (Fsp3) is 0.700. The van der Waals surface area contributed by atoms with E-state index in [9.17, 15) is 0 Å². The van der Waals surface area contributed by atoms with Crippen molar-refractivity contribution in [2.24, 2.45) is 5.92 Å². The van der Waals surface area contributed by atoms with Crippen molar-refractivity contribution < 1.29 is 0 Å². The third-order valence-electron chi connectivity index (χ3n) is 2.74. The minimum Gasteiger partial charge on any atom is -0.237 e. The van der Waals surface area contributed by atoms with Crippen LogP contribution in [0.3, 0.4) is 0 Å². The first-order valence-corrected chi connectivity index (χ1v) is 6.56. The fourth-order valence-corrected chi connectivity index (χ4v) is 3.53. The smallest absolute Gasteiger partial charge is 0.159 e. The Bertz CT molecular complexity index is 266. The topological polar surface area (TPSA) is 12.9 Å². The second kappa shape index (κ2) is 4.56. The van der Waals surface area contributed by atoms with E-state index in [1.807, 2.05) is 6.20 Å². The van der Waals surface area contributed by atoms with Crippen LogP contribution in [0.5, 0.6) is 0 Å². The van der Waals surface area contributed by atoms with Crippen molar-refractivity contribution in [3.8, 4) is 0 Å². The lowest BCUT2D eigenvalue weighted by atomic mass is 9.87. The molecule has 0 radical (unpaired) electrons. The molecule has 13 heavy (non-hydrogen) atoms. The summed E-state index contributed by atoms with van der Waals surface area (Å²) in [5.41, 5.74) is 0. The van der Waals surface area contributed by atoms with E-state index in [2.05, 4.69) is 20.9 Å². The molecule has 0 spiro atoms. The zero-order chi connectivity index (χ0) is 9.10.